The normalized spacial score (nSPS) is 10.4. The number of amides is 1. The van der Waals surface area contributed by atoms with E-state index in [0.29, 0.717) is 10.6 Å². The predicted octanol–water partition coefficient (Wildman–Crippen LogP) is 3.30. The number of benzene rings is 1. The Morgan fingerprint density at radius 2 is 1.83 bits per heavy atom. The molecule has 0 unspecified atom stereocenters. The number of ketones is 1. The number of carbonyl (C=O) groups excluding carboxylic acids is 1. The number of Topliss-reactive ketones (excluding diaryl/α,β-unsaturated/α-hetero) is 1. The Labute approximate surface area is 111 Å². The molecule has 0 saturated carbocycles. The molecule has 1 rings (SSSR count). The van der Waals surface area contributed by atoms with Crippen LogP contribution in [0.15, 0.2) is 24.3 Å². The lowest BCUT2D eigenvalue weighted by Gasteiger charge is -2.22. The molecule has 1 aromatic rings. The Morgan fingerprint density at radius 3 is 2.28 bits per heavy atom. The monoisotopic (exact) mass is 269 g/mol. The molecule has 1 aromatic carbocycles. The van der Waals surface area contributed by atoms with E-state index in [2.05, 4.69) is 0 Å². The van der Waals surface area contributed by atoms with Crippen LogP contribution in [0.4, 0.5) is 4.79 Å². The average molecular weight is 270 g/mol. The summed E-state index contributed by atoms with van der Waals surface area (Å²) in [6, 6.07) is 6.44. The van der Waals surface area contributed by atoms with E-state index in [1.807, 2.05) is 0 Å². The first-order valence-corrected chi connectivity index (χ1v) is 6.08. The summed E-state index contributed by atoms with van der Waals surface area (Å²) in [5.74, 6) is -0.0847. The highest BCUT2D eigenvalue weighted by Crippen LogP contribution is 2.12. The van der Waals surface area contributed by atoms with Gasteiger partial charge in [-0.25, -0.2) is 4.79 Å². The van der Waals surface area contributed by atoms with Crippen molar-refractivity contribution in [1.82, 2.24) is 4.90 Å². The maximum absolute atomic E-state index is 11.8. The van der Waals surface area contributed by atoms with Gasteiger partial charge in [-0.1, -0.05) is 11.6 Å². The van der Waals surface area contributed by atoms with Crippen LogP contribution in [0.1, 0.15) is 30.6 Å². The summed E-state index contributed by atoms with van der Waals surface area (Å²) in [5.41, 5.74) is 0.550. The zero-order valence-electron chi connectivity index (χ0n) is 10.4. The molecule has 0 radical (unpaired) electrons. The number of carboxylic acid groups (broad SMARTS) is 1. The summed E-state index contributed by atoms with van der Waals surface area (Å²) in [5, 5.41) is 9.53. The molecular formula is C13H16ClNO3. The number of carbonyl (C=O) groups is 2. The Hall–Kier alpha value is -1.55. The third kappa shape index (κ3) is 4.04. The van der Waals surface area contributed by atoms with Gasteiger partial charge in [-0.05, 0) is 38.1 Å². The van der Waals surface area contributed by atoms with Crippen molar-refractivity contribution in [3.8, 4) is 0 Å². The van der Waals surface area contributed by atoms with Crippen LogP contribution in [-0.4, -0.2) is 34.5 Å². The largest absolute Gasteiger partial charge is 0.465 e. The highest BCUT2D eigenvalue weighted by Gasteiger charge is 2.17. The standard InChI is InChI=1S/C13H16ClNO3/c1-9(2)15(13(17)18)8-7-12(16)10-3-5-11(14)6-4-10/h3-6,9H,7-8H2,1-2H3,(H,17,18). The molecule has 0 fully saturated rings. The maximum atomic E-state index is 11.8. The first-order valence-electron chi connectivity index (χ1n) is 5.70. The van der Waals surface area contributed by atoms with E-state index in [0.717, 1.165) is 0 Å². The maximum Gasteiger partial charge on any atom is 0.407 e. The summed E-state index contributed by atoms with van der Waals surface area (Å²) in [7, 11) is 0. The molecule has 18 heavy (non-hydrogen) atoms. The van der Waals surface area contributed by atoms with Crippen LogP contribution >= 0.6 is 11.6 Å². The van der Waals surface area contributed by atoms with Gasteiger partial charge in [0.15, 0.2) is 5.78 Å². The van der Waals surface area contributed by atoms with Crippen molar-refractivity contribution in [3.05, 3.63) is 34.9 Å². The van der Waals surface area contributed by atoms with Crippen molar-refractivity contribution in [3.63, 3.8) is 0 Å². The topological polar surface area (TPSA) is 57.6 Å². The Balaban J connectivity index is 2.60. The van der Waals surface area contributed by atoms with Gasteiger partial charge < -0.3 is 10.0 Å². The summed E-state index contributed by atoms with van der Waals surface area (Å²) in [6.45, 7) is 3.76. The minimum absolute atomic E-state index is 0.0847. The third-order valence-electron chi connectivity index (χ3n) is 2.62. The number of hydrogen-bond acceptors (Lipinski definition) is 2. The molecule has 5 heteroatoms. The molecule has 1 N–H and O–H groups in total. The van der Waals surface area contributed by atoms with E-state index >= 15 is 0 Å². The number of rotatable bonds is 5. The summed E-state index contributed by atoms with van der Waals surface area (Å²) >= 11 is 5.73. The van der Waals surface area contributed by atoms with E-state index in [1.165, 1.54) is 4.90 Å². The van der Waals surface area contributed by atoms with Crippen molar-refractivity contribution >= 4 is 23.5 Å². The zero-order chi connectivity index (χ0) is 13.7. The molecule has 98 valence electrons. The molecule has 0 aliphatic carbocycles. The van der Waals surface area contributed by atoms with Gasteiger partial charge in [0.2, 0.25) is 0 Å². The second kappa shape index (κ2) is 6.40. The second-order valence-electron chi connectivity index (χ2n) is 4.25. The van der Waals surface area contributed by atoms with E-state index in [1.54, 1.807) is 38.1 Å². The molecule has 4 nitrogen and oxygen atoms in total. The van der Waals surface area contributed by atoms with Crippen LogP contribution in [-0.2, 0) is 0 Å². The smallest absolute Gasteiger partial charge is 0.407 e. The molecule has 0 aliphatic heterocycles. The number of hydrogen-bond donors (Lipinski definition) is 1. The molecule has 0 bridgehead atoms. The van der Waals surface area contributed by atoms with E-state index < -0.39 is 6.09 Å². The van der Waals surface area contributed by atoms with Crippen molar-refractivity contribution < 1.29 is 14.7 Å². The highest BCUT2D eigenvalue weighted by molar-refractivity contribution is 6.30. The van der Waals surface area contributed by atoms with E-state index in [-0.39, 0.29) is 24.8 Å². The van der Waals surface area contributed by atoms with Gasteiger partial charge in [-0.3, -0.25) is 4.79 Å². The fourth-order valence-electron chi connectivity index (χ4n) is 1.58. The van der Waals surface area contributed by atoms with Crippen LogP contribution in [0.3, 0.4) is 0 Å². The molecule has 0 atom stereocenters. The first-order chi connectivity index (χ1) is 8.41. The average Bonchev–Trinajstić information content (AvgIpc) is 2.28. The Kier molecular flexibility index (Phi) is 5.16. The molecule has 0 aliphatic rings. The minimum atomic E-state index is -1.01. The van der Waals surface area contributed by atoms with Gasteiger partial charge in [-0.15, -0.1) is 0 Å². The van der Waals surface area contributed by atoms with Crippen molar-refractivity contribution in [2.45, 2.75) is 26.3 Å². The van der Waals surface area contributed by atoms with E-state index in [4.69, 9.17) is 16.7 Å². The van der Waals surface area contributed by atoms with Gasteiger partial charge in [0.05, 0.1) is 0 Å². The van der Waals surface area contributed by atoms with Crippen LogP contribution in [0.5, 0.6) is 0 Å². The third-order valence-corrected chi connectivity index (χ3v) is 2.87. The van der Waals surface area contributed by atoms with Crippen LogP contribution < -0.4 is 0 Å². The quantitative estimate of drug-likeness (QED) is 0.835. The van der Waals surface area contributed by atoms with Gasteiger partial charge in [0, 0.05) is 29.6 Å². The number of nitrogens with zero attached hydrogens (tertiary/aromatic N) is 1. The van der Waals surface area contributed by atoms with Crippen molar-refractivity contribution in [1.29, 1.82) is 0 Å². The molecular weight excluding hydrogens is 254 g/mol. The first kappa shape index (κ1) is 14.5. The van der Waals surface area contributed by atoms with Gasteiger partial charge >= 0.3 is 6.09 Å². The van der Waals surface area contributed by atoms with Gasteiger partial charge in [0.25, 0.3) is 0 Å². The van der Waals surface area contributed by atoms with E-state index in [9.17, 15) is 9.59 Å². The minimum Gasteiger partial charge on any atom is -0.465 e. The van der Waals surface area contributed by atoms with Crippen LogP contribution in [0.25, 0.3) is 0 Å². The lowest BCUT2D eigenvalue weighted by atomic mass is 10.1. The molecule has 0 aromatic heterocycles. The SMILES string of the molecule is CC(C)N(CCC(=O)c1ccc(Cl)cc1)C(=O)O. The van der Waals surface area contributed by atoms with Gasteiger partial charge in [-0.2, -0.15) is 0 Å². The second-order valence-corrected chi connectivity index (χ2v) is 4.69. The van der Waals surface area contributed by atoms with Gasteiger partial charge in [0.1, 0.15) is 0 Å². The molecule has 0 saturated heterocycles. The lowest BCUT2D eigenvalue weighted by Crippen LogP contribution is -2.37. The Morgan fingerprint density at radius 1 is 1.28 bits per heavy atom. The predicted molar refractivity (Wildman–Crippen MR) is 70.3 cm³/mol. The van der Waals surface area contributed by atoms with Crippen molar-refractivity contribution in [2.24, 2.45) is 0 Å². The molecule has 0 spiro atoms. The van der Waals surface area contributed by atoms with Crippen LogP contribution in [0, 0.1) is 0 Å². The summed E-state index contributed by atoms with van der Waals surface area (Å²) < 4.78 is 0. The fourth-order valence-corrected chi connectivity index (χ4v) is 1.70. The summed E-state index contributed by atoms with van der Waals surface area (Å²) in [4.78, 5) is 24.0. The van der Waals surface area contributed by atoms with Crippen LogP contribution in [0.2, 0.25) is 5.02 Å². The summed E-state index contributed by atoms with van der Waals surface area (Å²) in [6.07, 6.45) is -0.833. The number of halogens is 1. The lowest BCUT2D eigenvalue weighted by molar-refractivity contribution is 0.0947. The molecule has 0 heterocycles. The van der Waals surface area contributed by atoms with Crippen molar-refractivity contribution in [2.75, 3.05) is 6.54 Å². The highest BCUT2D eigenvalue weighted by atomic mass is 35.5. The zero-order valence-corrected chi connectivity index (χ0v) is 11.1. The fraction of sp³-hybridized carbons (Fsp3) is 0.385. The molecule has 1 amide bonds. The Bertz CT molecular complexity index is 428.